The summed E-state index contributed by atoms with van der Waals surface area (Å²) >= 11 is 0. The Morgan fingerprint density at radius 1 is 1.29 bits per heavy atom. The average molecular weight is 299 g/mol. The van der Waals surface area contributed by atoms with E-state index < -0.39 is 33.7 Å². The molecule has 0 bridgehead atoms. The lowest BCUT2D eigenvalue weighted by Crippen LogP contribution is -2.35. The van der Waals surface area contributed by atoms with Crippen molar-refractivity contribution in [1.82, 2.24) is 10.6 Å². The molecule has 1 heterocycles. The normalized spacial score (nSPS) is 18.9. The molecule has 2 rings (SSSR count). The zero-order valence-electron chi connectivity index (χ0n) is 11.2. The van der Waals surface area contributed by atoms with Crippen LogP contribution >= 0.6 is 0 Å². The van der Waals surface area contributed by atoms with E-state index in [0.717, 1.165) is 25.9 Å². The topological polar surface area (TPSA) is 84.3 Å². The second-order valence-corrected chi connectivity index (χ2v) is 4.89. The van der Waals surface area contributed by atoms with Crippen LogP contribution in [0.5, 0.6) is 0 Å². The van der Waals surface area contributed by atoms with Crippen LogP contribution in [0.25, 0.3) is 0 Å². The standard InChI is InChI=1S/C13H15F2N3O3/c14-10-6-9(12(18(20)21)7-11(10)15)13(19)17-8-2-1-4-16-5-3-8/h6-8,16H,1-5H2,(H,17,19). The molecule has 1 aromatic rings. The van der Waals surface area contributed by atoms with E-state index in [-0.39, 0.29) is 6.04 Å². The van der Waals surface area contributed by atoms with Crippen molar-refractivity contribution in [2.75, 3.05) is 13.1 Å². The van der Waals surface area contributed by atoms with Gasteiger partial charge < -0.3 is 10.6 Å². The number of nitro benzene ring substituents is 1. The van der Waals surface area contributed by atoms with Crippen molar-refractivity contribution in [3.63, 3.8) is 0 Å². The van der Waals surface area contributed by atoms with Gasteiger partial charge in [-0.1, -0.05) is 0 Å². The third-order valence-corrected chi connectivity index (χ3v) is 3.39. The first-order chi connectivity index (χ1) is 9.99. The van der Waals surface area contributed by atoms with Crippen LogP contribution in [0.4, 0.5) is 14.5 Å². The van der Waals surface area contributed by atoms with Gasteiger partial charge in [-0.25, -0.2) is 8.78 Å². The number of nitrogens with one attached hydrogen (secondary N) is 2. The summed E-state index contributed by atoms with van der Waals surface area (Å²) in [6.45, 7) is 1.57. The number of nitrogens with zero attached hydrogens (tertiary/aromatic N) is 1. The molecule has 0 saturated carbocycles. The van der Waals surface area contributed by atoms with Crippen LogP contribution < -0.4 is 10.6 Å². The molecule has 1 fully saturated rings. The summed E-state index contributed by atoms with van der Waals surface area (Å²) in [7, 11) is 0. The molecule has 1 atom stereocenters. The Bertz CT molecular complexity index is 558. The Morgan fingerprint density at radius 2 is 2.00 bits per heavy atom. The molecule has 1 aromatic carbocycles. The van der Waals surface area contributed by atoms with Crippen LogP contribution in [0.1, 0.15) is 29.6 Å². The summed E-state index contributed by atoms with van der Waals surface area (Å²) in [6.07, 6.45) is 2.28. The van der Waals surface area contributed by atoms with E-state index in [1.807, 2.05) is 0 Å². The van der Waals surface area contributed by atoms with Crippen molar-refractivity contribution >= 4 is 11.6 Å². The van der Waals surface area contributed by atoms with E-state index in [1.54, 1.807) is 0 Å². The van der Waals surface area contributed by atoms with Crippen LogP contribution in [0.2, 0.25) is 0 Å². The monoisotopic (exact) mass is 299 g/mol. The van der Waals surface area contributed by atoms with Crippen LogP contribution in [-0.4, -0.2) is 30.0 Å². The van der Waals surface area contributed by atoms with Gasteiger partial charge in [-0.2, -0.15) is 0 Å². The van der Waals surface area contributed by atoms with Gasteiger partial charge in [0.05, 0.1) is 11.0 Å². The second-order valence-electron chi connectivity index (χ2n) is 4.89. The number of nitro groups is 1. The molecule has 0 aromatic heterocycles. The summed E-state index contributed by atoms with van der Waals surface area (Å²) in [5, 5.41) is 16.7. The summed E-state index contributed by atoms with van der Waals surface area (Å²) in [5.74, 6) is -3.39. The van der Waals surface area contributed by atoms with Crippen molar-refractivity contribution in [2.24, 2.45) is 0 Å². The van der Waals surface area contributed by atoms with Crippen LogP contribution in [-0.2, 0) is 0 Å². The van der Waals surface area contributed by atoms with E-state index in [9.17, 15) is 23.7 Å². The molecule has 114 valence electrons. The summed E-state index contributed by atoms with van der Waals surface area (Å²) < 4.78 is 26.3. The van der Waals surface area contributed by atoms with Gasteiger partial charge in [-0.05, 0) is 38.4 Å². The number of hydrogen-bond acceptors (Lipinski definition) is 4. The largest absolute Gasteiger partial charge is 0.349 e. The molecule has 1 saturated heterocycles. The minimum atomic E-state index is -1.35. The first-order valence-electron chi connectivity index (χ1n) is 6.64. The maximum atomic E-state index is 13.2. The molecule has 1 unspecified atom stereocenters. The zero-order chi connectivity index (χ0) is 15.4. The van der Waals surface area contributed by atoms with Crippen molar-refractivity contribution in [3.05, 3.63) is 39.4 Å². The lowest BCUT2D eigenvalue weighted by Gasteiger charge is -2.16. The molecule has 0 aliphatic carbocycles. The van der Waals surface area contributed by atoms with Gasteiger partial charge in [0.2, 0.25) is 0 Å². The molecule has 1 aliphatic rings. The number of carbonyl (C=O) groups is 1. The second kappa shape index (κ2) is 6.57. The highest BCUT2D eigenvalue weighted by Gasteiger charge is 2.25. The van der Waals surface area contributed by atoms with Crippen LogP contribution in [0, 0.1) is 21.7 Å². The van der Waals surface area contributed by atoms with Gasteiger partial charge >= 0.3 is 0 Å². The molecule has 1 aliphatic heterocycles. The highest BCUT2D eigenvalue weighted by Crippen LogP contribution is 2.22. The van der Waals surface area contributed by atoms with Crippen molar-refractivity contribution in [1.29, 1.82) is 0 Å². The first-order valence-corrected chi connectivity index (χ1v) is 6.64. The summed E-state index contributed by atoms with van der Waals surface area (Å²) in [5.41, 5.74) is -1.20. The Hall–Kier alpha value is -2.09. The molecular formula is C13H15F2N3O3. The number of carbonyl (C=O) groups excluding carboxylic acids is 1. The van der Waals surface area contributed by atoms with Gasteiger partial charge in [-0.15, -0.1) is 0 Å². The summed E-state index contributed by atoms with van der Waals surface area (Å²) in [6, 6.07) is 0.858. The molecule has 8 heteroatoms. The van der Waals surface area contributed by atoms with E-state index in [4.69, 9.17) is 0 Å². The van der Waals surface area contributed by atoms with Gasteiger partial charge in [0.1, 0.15) is 5.56 Å². The zero-order valence-corrected chi connectivity index (χ0v) is 11.2. The van der Waals surface area contributed by atoms with Gasteiger partial charge in [-0.3, -0.25) is 14.9 Å². The third-order valence-electron chi connectivity index (χ3n) is 3.39. The third kappa shape index (κ3) is 3.72. The SMILES string of the molecule is O=C(NC1CCCNCC1)c1cc(F)c(F)cc1[N+](=O)[O-]. The number of benzene rings is 1. The quantitative estimate of drug-likeness (QED) is 0.658. The highest BCUT2D eigenvalue weighted by molar-refractivity contribution is 5.98. The molecule has 0 radical (unpaired) electrons. The van der Waals surface area contributed by atoms with Gasteiger partial charge in [0.25, 0.3) is 11.6 Å². The van der Waals surface area contributed by atoms with Crippen LogP contribution in [0.15, 0.2) is 12.1 Å². The van der Waals surface area contributed by atoms with Gasteiger partial charge in [0, 0.05) is 6.04 Å². The Kier molecular flexibility index (Phi) is 4.79. The van der Waals surface area contributed by atoms with Crippen LogP contribution in [0.3, 0.4) is 0 Å². The van der Waals surface area contributed by atoms with Crippen molar-refractivity contribution < 1.29 is 18.5 Å². The van der Waals surface area contributed by atoms with Crippen molar-refractivity contribution in [2.45, 2.75) is 25.3 Å². The van der Waals surface area contributed by atoms with E-state index >= 15 is 0 Å². The number of hydrogen-bond donors (Lipinski definition) is 2. The molecule has 0 spiro atoms. The smallest absolute Gasteiger partial charge is 0.285 e. The van der Waals surface area contributed by atoms with Gasteiger partial charge in [0.15, 0.2) is 11.6 Å². The van der Waals surface area contributed by atoms with Crippen molar-refractivity contribution in [3.8, 4) is 0 Å². The minimum Gasteiger partial charge on any atom is -0.349 e. The molecular weight excluding hydrogens is 284 g/mol. The molecule has 21 heavy (non-hydrogen) atoms. The molecule has 1 amide bonds. The molecule has 6 nitrogen and oxygen atoms in total. The predicted molar refractivity (Wildman–Crippen MR) is 71.0 cm³/mol. The average Bonchev–Trinajstić information content (AvgIpc) is 2.69. The Morgan fingerprint density at radius 3 is 2.71 bits per heavy atom. The molecule has 2 N–H and O–H groups in total. The Balaban J connectivity index is 2.21. The van der Waals surface area contributed by atoms with E-state index in [1.165, 1.54) is 0 Å². The fraction of sp³-hybridized carbons (Fsp3) is 0.462. The van der Waals surface area contributed by atoms with E-state index in [0.29, 0.717) is 18.6 Å². The summed E-state index contributed by atoms with van der Waals surface area (Å²) in [4.78, 5) is 22.1. The van der Waals surface area contributed by atoms with E-state index in [2.05, 4.69) is 10.6 Å². The lowest BCUT2D eigenvalue weighted by atomic mass is 10.1. The minimum absolute atomic E-state index is 0.139. The maximum Gasteiger partial charge on any atom is 0.285 e. The Labute approximate surface area is 119 Å². The fourth-order valence-electron chi connectivity index (χ4n) is 2.30. The lowest BCUT2D eigenvalue weighted by molar-refractivity contribution is -0.385. The number of rotatable bonds is 3. The highest BCUT2D eigenvalue weighted by atomic mass is 19.2. The predicted octanol–water partition coefficient (Wildman–Crippen LogP) is 1.74. The fourth-order valence-corrected chi connectivity index (χ4v) is 2.30. The number of amides is 1. The maximum absolute atomic E-state index is 13.2. The number of halogens is 2. The first kappa shape index (κ1) is 15.3.